The van der Waals surface area contributed by atoms with E-state index in [2.05, 4.69) is 9.71 Å². The Kier molecular flexibility index (Phi) is 4.52. The molecule has 1 atom stereocenters. The summed E-state index contributed by atoms with van der Waals surface area (Å²) < 4.78 is 40.8. The van der Waals surface area contributed by atoms with E-state index in [9.17, 15) is 12.8 Å². The Morgan fingerprint density at radius 1 is 1.48 bits per heavy atom. The normalized spacial score (nSPS) is 13.3. The van der Waals surface area contributed by atoms with Crippen molar-refractivity contribution < 1.29 is 12.8 Å². The minimum Gasteiger partial charge on any atom is -0.399 e. The quantitative estimate of drug-likeness (QED) is 0.831. The van der Waals surface area contributed by atoms with E-state index in [1.807, 2.05) is 0 Å². The average molecular weight is 350 g/mol. The van der Waals surface area contributed by atoms with Crippen LogP contribution in [0.4, 0.5) is 10.1 Å². The molecule has 21 heavy (non-hydrogen) atoms. The van der Waals surface area contributed by atoms with Crippen LogP contribution < -0.4 is 10.5 Å². The van der Waals surface area contributed by atoms with Gasteiger partial charge in [-0.05, 0) is 26.0 Å². The van der Waals surface area contributed by atoms with Crippen molar-refractivity contribution in [1.29, 1.82) is 0 Å². The fourth-order valence-corrected chi connectivity index (χ4v) is 4.20. The standard InChI is InChI=1S/C12H13ClFN3O2S2/c1-6-5-20-12(16-6)7(2)17-21(18,19)10-4-8(15)3-9(13)11(10)14/h3-5,7,17H,15H2,1-2H3. The molecule has 2 rings (SSSR count). The Bertz CT molecular complexity index is 777. The van der Waals surface area contributed by atoms with Crippen LogP contribution in [0.25, 0.3) is 0 Å². The number of benzene rings is 1. The highest BCUT2D eigenvalue weighted by Crippen LogP contribution is 2.27. The number of hydrogen-bond acceptors (Lipinski definition) is 5. The van der Waals surface area contributed by atoms with Crippen molar-refractivity contribution in [3.63, 3.8) is 0 Å². The molecule has 3 N–H and O–H groups in total. The highest BCUT2D eigenvalue weighted by molar-refractivity contribution is 7.89. The number of aryl methyl sites for hydroxylation is 1. The number of nitrogen functional groups attached to an aromatic ring is 1. The largest absolute Gasteiger partial charge is 0.399 e. The molecule has 0 saturated heterocycles. The Morgan fingerprint density at radius 3 is 2.71 bits per heavy atom. The van der Waals surface area contributed by atoms with Crippen molar-refractivity contribution in [3.8, 4) is 0 Å². The number of hydrogen-bond donors (Lipinski definition) is 2. The molecule has 2 aromatic rings. The number of nitrogens with one attached hydrogen (secondary N) is 1. The predicted molar refractivity (Wildman–Crippen MR) is 81.4 cm³/mol. The van der Waals surface area contributed by atoms with Gasteiger partial charge in [0.05, 0.1) is 11.1 Å². The third-order valence-electron chi connectivity index (χ3n) is 2.65. The van der Waals surface area contributed by atoms with E-state index >= 15 is 0 Å². The SMILES string of the molecule is Cc1csc(C(C)NS(=O)(=O)c2cc(N)cc(Cl)c2F)n1. The van der Waals surface area contributed by atoms with Gasteiger partial charge in [0.1, 0.15) is 9.90 Å². The van der Waals surface area contributed by atoms with E-state index in [1.165, 1.54) is 11.3 Å². The Hall–Kier alpha value is -1.22. The van der Waals surface area contributed by atoms with Crippen LogP contribution in [-0.2, 0) is 10.0 Å². The summed E-state index contributed by atoms with van der Waals surface area (Å²) in [6.45, 7) is 3.43. The third-order valence-corrected chi connectivity index (χ3v) is 5.61. The molecule has 0 aliphatic heterocycles. The molecule has 0 amide bonds. The van der Waals surface area contributed by atoms with E-state index in [1.54, 1.807) is 19.2 Å². The molecule has 1 unspecified atom stereocenters. The number of anilines is 1. The van der Waals surface area contributed by atoms with Gasteiger partial charge in [-0.15, -0.1) is 11.3 Å². The zero-order chi connectivity index (χ0) is 15.8. The van der Waals surface area contributed by atoms with Crippen LogP contribution >= 0.6 is 22.9 Å². The molecule has 0 radical (unpaired) electrons. The first-order chi connectivity index (χ1) is 9.70. The van der Waals surface area contributed by atoms with Gasteiger partial charge in [-0.25, -0.2) is 22.5 Å². The number of rotatable bonds is 4. The molecule has 0 fully saturated rings. The van der Waals surface area contributed by atoms with Crippen molar-refractivity contribution in [1.82, 2.24) is 9.71 Å². The van der Waals surface area contributed by atoms with Gasteiger partial charge >= 0.3 is 0 Å². The van der Waals surface area contributed by atoms with Crippen molar-refractivity contribution in [2.75, 3.05) is 5.73 Å². The summed E-state index contributed by atoms with van der Waals surface area (Å²) >= 11 is 6.95. The molecule has 1 heterocycles. The lowest BCUT2D eigenvalue weighted by atomic mass is 10.3. The zero-order valence-electron chi connectivity index (χ0n) is 11.2. The van der Waals surface area contributed by atoms with E-state index in [-0.39, 0.29) is 10.7 Å². The lowest BCUT2D eigenvalue weighted by Crippen LogP contribution is -2.27. The summed E-state index contributed by atoms with van der Waals surface area (Å²) in [6, 6.07) is 1.60. The molecular weight excluding hydrogens is 337 g/mol. The van der Waals surface area contributed by atoms with Crippen LogP contribution in [0.5, 0.6) is 0 Å². The highest BCUT2D eigenvalue weighted by Gasteiger charge is 2.25. The van der Waals surface area contributed by atoms with Crippen LogP contribution in [0.3, 0.4) is 0 Å². The van der Waals surface area contributed by atoms with Crippen LogP contribution in [0, 0.1) is 12.7 Å². The van der Waals surface area contributed by atoms with Crippen LogP contribution in [0.15, 0.2) is 22.4 Å². The molecule has 0 aliphatic rings. The molecule has 0 bridgehead atoms. The summed E-state index contributed by atoms with van der Waals surface area (Å²) in [7, 11) is -4.10. The lowest BCUT2D eigenvalue weighted by Gasteiger charge is -2.13. The first kappa shape index (κ1) is 16.2. The van der Waals surface area contributed by atoms with E-state index in [0.29, 0.717) is 5.01 Å². The molecule has 1 aromatic heterocycles. The highest BCUT2D eigenvalue weighted by atomic mass is 35.5. The van der Waals surface area contributed by atoms with Gasteiger partial charge in [-0.2, -0.15) is 0 Å². The summed E-state index contributed by atoms with van der Waals surface area (Å²) in [4.78, 5) is 3.62. The number of nitrogens with two attached hydrogens (primary N) is 1. The molecular formula is C12H13ClFN3O2S2. The molecule has 1 aromatic carbocycles. The van der Waals surface area contributed by atoms with Gasteiger partial charge in [-0.3, -0.25) is 0 Å². The maximum absolute atomic E-state index is 13.9. The molecule has 9 heteroatoms. The number of thiazole rings is 1. The van der Waals surface area contributed by atoms with Gasteiger partial charge in [0.15, 0.2) is 5.82 Å². The summed E-state index contributed by atoms with van der Waals surface area (Å²) in [6.07, 6.45) is 0. The zero-order valence-corrected chi connectivity index (χ0v) is 13.6. The second-order valence-corrected chi connectivity index (χ2v) is 7.46. The van der Waals surface area contributed by atoms with Crippen molar-refractivity contribution in [3.05, 3.63) is 39.1 Å². The number of sulfonamides is 1. The fraction of sp³-hybridized carbons (Fsp3) is 0.250. The topological polar surface area (TPSA) is 85.1 Å². The molecule has 0 spiro atoms. The molecule has 114 valence electrons. The van der Waals surface area contributed by atoms with Gasteiger partial charge in [0, 0.05) is 16.8 Å². The van der Waals surface area contributed by atoms with Gasteiger partial charge in [0.25, 0.3) is 0 Å². The number of nitrogens with zero attached hydrogens (tertiary/aromatic N) is 1. The number of halogens is 2. The predicted octanol–water partition coefficient (Wildman–Crippen LogP) is 2.87. The second kappa shape index (κ2) is 5.88. The monoisotopic (exact) mass is 349 g/mol. The fourth-order valence-electron chi connectivity index (χ4n) is 1.70. The summed E-state index contributed by atoms with van der Waals surface area (Å²) in [5.41, 5.74) is 6.38. The average Bonchev–Trinajstić information content (AvgIpc) is 2.80. The molecule has 0 saturated carbocycles. The van der Waals surface area contributed by atoms with Crippen molar-refractivity contribution in [2.45, 2.75) is 24.8 Å². The van der Waals surface area contributed by atoms with Gasteiger partial charge < -0.3 is 5.73 Å². The minimum atomic E-state index is -4.10. The second-order valence-electron chi connectivity index (χ2n) is 4.48. The van der Waals surface area contributed by atoms with Crippen molar-refractivity contribution in [2.24, 2.45) is 0 Å². The first-order valence-corrected chi connectivity index (χ1v) is 8.63. The lowest BCUT2D eigenvalue weighted by molar-refractivity contribution is 0.546. The molecule has 5 nitrogen and oxygen atoms in total. The molecule has 0 aliphatic carbocycles. The number of aromatic nitrogens is 1. The Labute approximate surface area is 131 Å². The van der Waals surface area contributed by atoms with Crippen LogP contribution in [0.1, 0.15) is 23.7 Å². The first-order valence-electron chi connectivity index (χ1n) is 5.89. The Morgan fingerprint density at radius 2 is 2.14 bits per heavy atom. The Balaban J connectivity index is 2.35. The summed E-state index contributed by atoms with van der Waals surface area (Å²) in [5.74, 6) is -1.03. The van der Waals surface area contributed by atoms with E-state index < -0.39 is 26.8 Å². The van der Waals surface area contributed by atoms with E-state index in [4.69, 9.17) is 17.3 Å². The van der Waals surface area contributed by atoms with Crippen LogP contribution in [0.2, 0.25) is 5.02 Å². The van der Waals surface area contributed by atoms with Gasteiger partial charge in [-0.1, -0.05) is 11.6 Å². The smallest absolute Gasteiger partial charge is 0.244 e. The van der Waals surface area contributed by atoms with Crippen LogP contribution in [-0.4, -0.2) is 13.4 Å². The summed E-state index contributed by atoms with van der Waals surface area (Å²) in [5, 5.41) is 2.05. The van der Waals surface area contributed by atoms with Crippen molar-refractivity contribution >= 4 is 38.6 Å². The van der Waals surface area contributed by atoms with E-state index in [0.717, 1.165) is 17.8 Å². The third kappa shape index (κ3) is 3.52. The van der Waals surface area contributed by atoms with Gasteiger partial charge in [0.2, 0.25) is 10.0 Å². The maximum atomic E-state index is 13.9. The maximum Gasteiger partial charge on any atom is 0.244 e. The minimum absolute atomic E-state index is 0.0690.